The Labute approximate surface area is 93.5 Å². The van der Waals surface area contributed by atoms with Crippen molar-refractivity contribution in [3.05, 3.63) is 10.6 Å². The Morgan fingerprint density at radius 3 is 2.71 bits per heavy atom. The smallest absolute Gasteiger partial charge is 0.183 e. The van der Waals surface area contributed by atoms with Gasteiger partial charge in [0.1, 0.15) is 0 Å². The minimum Gasteiger partial charge on any atom is -0.358 e. The number of aryl methyl sites for hydroxylation is 2. The van der Waals surface area contributed by atoms with Crippen LogP contribution in [0.5, 0.6) is 0 Å². The number of anilines is 1. The predicted octanol–water partition coefficient (Wildman–Crippen LogP) is 3.07. The van der Waals surface area contributed by atoms with E-state index in [0.29, 0.717) is 6.04 Å². The van der Waals surface area contributed by atoms with E-state index in [1.54, 1.807) is 11.3 Å². The van der Waals surface area contributed by atoms with Crippen LogP contribution in [0.25, 0.3) is 0 Å². The Hall–Kier alpha value is -0.220. The molecule has 78 valence electrons. The highest BCUT2D eigenvalue weighted by atomic mass is 32.2. The summed E-state index contributed by atoms with van der Waals surface area (Å²) in [5, 5.41) is 5.36. The van der Waals surface area contributed by atoms with E-state index in [0.717, 1.165) is 16.1 Å². The first kappa shape index (κ1) is 10.3. The van der Waals surface area contributed by atoms with E-state index >= 15 is 0 Å². The largest absolute Gasteiger partial charge is 0.358 e. The zero-order valence-electron chi connectivity index (χ0n) is 8.83. The molecule has 0 amide bonds. The van der Waals surface area contributed by atoms with E-state index < -0.39 is 0 Å². The second kappa shape index (κ2) is 4.11. The van der Waals surface area contributed by atoms with Gasteiger partial charge in [0.15, 0.2) is 5.13 Å². The summed E-state index contributed by atoms with van der Waals surface area (Å²) < 4.78 is 0. The van der Waals surface area contributed by atoms with E-state index in [2.05, 4.69) is 31.1 Å². The lowest BCUT2D eigenvalue weighted by molar-refractivity contribution is 0.723. The molecule has 2 heterocycles. The summed E-state index contributed by atoms with van der Waals surface area (Å²) >= 11 is 3.82. The molecule has 0 radical (unpaired) electrons. The molecule has 1 aliphatic heterocycles. The Morgan fingerprint density at radius 2 is 2.21 bits per heavy atom. The maximum atomic E-state index is 4.51. The van der Waals surface area contributed by atoms with Crippen LogP contribution in [0.1, 0.15) is 23.9 Å². The molecule has 1 fully saturated rings. The second-order valence-electron chi connectivity index (χ2n) is 3.78. The van der Waals surface area contributed by atoms with E-state index in [-0.39, 0.29) is 0 Å². The zero-order valence-corrected chi connectivity index (χ0v) is 10.5. The van der Waals surface area contributed by atoms with Crippen LogP contribution in [0.15, 0.2) is 0 Å². The zero-order chi connectivity index (χ0) is 10.1. The fourth-order valence-electron chi connectivity index (χ4n) is 1.61. The van der Waals surface area contributed by atoms with Gasteiger partial charge >= 0.3 is 0 Å². The maximum Gasteiger partial charge on any atom is 0.183 e. The molecule has 1 aromatic heterocycles. The van der Waals surface area contributed by atoms with E-state index in [9.17, 15) is 0 Å². The van der Waals surface area contributed by atoms with Gasteiger partial charge < -0.3 is 5.32 Å². The molecule has 0 bridgehead atoms. The molecule has 14 heavy (non-hydrogen) atoms. The minimum absolute atomic E-state index is 0.616. The number of hydrogen-bond acceptors (Lipinski definition) is 4. The van der Waals surface area contributed by atoms with Gasteiger partial charge in [-0.3, -0.25) is 0 Å². The lowest BCUT2D eigenvalue weighted by atomic mass is 10.2. The summed E-state index contributed by atoms with van der Waals surface area (Å²) in [7, 11) is 0. The van der Waals surface area contributed by atoms with Crippen molar-refractivity contribution < 1.29 is 0 Å². The highest BCUT2D eigenvalue weighted by Gasteiger charge is 2.24. The molecule has 2 rings (SSSR count). The van der Waals surface area contributed by atoms with Crippen molar-refractivity contribution in [2.45, 2.75) is 38.5 Å². The molecular formula is C10H16N2S2. The molecule has 0 spiro atoms. The van der Waals surface area contributed by atoms with Crippen molar-refractivity contribution in [1.82, 2.24) is 4.98 Å². The van der Waals surface area contributed by atoms with Gasteiger partial charge in [-0.05, 0) is 26.0 Å². The third-order valence-electron chi connectivity index (χ3n) is 2.71. The third kappa shape index (κ3) is 2.06. The van der Waals surface area contributed by atoms with Gasteiger partial charge in [-0.1, -0.05) is 6.92 Å². The molecule has 4 heteroatoms. The number of thioether (sulfide) groups is 1. The van der Waals surface area contributed by atoms with Gasteiger partial charge in [-0.15, -0.1) is 11.3 Å². The van der Waals surface area contributed by atoms with Crippen LogP contribution < -0.4 is 5.32 Å². The van der Waals surface area contributed by atoms with E-state index in [1.807, 2.05) is 11.8 Å². The average molecular weight is 228 g/mol. The number of aromatic nitrogens is 1. The van der Waals surface area contributed by atoms with Crippen LogP contribution in [0.3, 0.4) is 0 Å². The van der Waals surface area contributed by atoms with Gasteiger partial charge in [-0.25, -0.2) is 4.98 Å². The summed E-state index contributed by atoms with van der Waals surface area (Å²) in [6, 6.07) is 0.616. The molecule has 1 N–H and O–H groups in total. The first-order valence-electron chi connectivity index (χ1n) is 4.99. The molecule has 0 saturated carbocycles. The quantitative estimate of drug-likeness (QED) is 0.842. The lowest BCUT2D eigenvalue weighted by Gasteiger charge is -2.15. The molecule has 0 aromatic carbocycles. The van der Waals surface area contributed by atoms with Gasteiger partial charge in [0, 0.05) is 16.2 Å². The van der Waals surface area contributed by atoms with Gasteiger partial charge in [0.2, 0.25) is 0 Å². The summed E-state index contributed by atoms with van der Waals surface area (Å²) in [6.45, 7) is 6.50. The average Bonchev–Trinajstić information content (AvgIpc) is 2.63. The molecular weight excluding hydrogens is 212 g/mol. The molecule has 0 aliphatic carbocycles. The molecule has 2 unspecified atom stereocenters. The van der Waals surface area contributed by atoms with Crippen LogP contribution in [0.2, 0.25) is 0 Å². The summed E-state index contributed by atoms with van der Waals surface area (Å²) in [5.41, 5.74) is 1.16. The van der Waals surface area contributed by atoms with Crippen molar-refractivity contribution in [3.63, 3.8) is 0 Å². The maximum absolute atomic E-state index is 4.51. The topological polar surface area (TPSA) is 24.9 Å². The van der Waals surface area contributed by atoms with Gasteiger partial charge in [-0.2, -0.15) is 11.8 Å². The van der Waals surface area contributed by atoms with Crippen LogP contribution in [0, 0.1) is 13.8 Å². The van der Waals surface area contributed by atoms with Gasteiger partial charge in [0.25, 0.3) is 0 Å². The van der Waals surface area contributed by atoms with E-state index in [1.165, 1.54) is 17.1 Å². The molecule has 2 atom stereocenters. The molecule has 2 nitrogen and oxygen atoms in total. The van der Waals surface area contributed by atoms with Crippen molar-refractivity contribution in [3.8, 4) is 0 Å². The van der Waals surface area contributed by atoms with E-state index in [4.69, 9.17) is 0 Å². The fraction of sp³-hybridized carbons (Fsp3) is 0.700. The number of nitrogens with one attached hydrogen (secondary N) is 1. The third-order valence-corrected chi connectivity index (χ3v) is 5.04. The number of thiazole rings is 1. The standard InChI is InChI=1S/C10H16N2S2/c1-6-7(2)14-10(11-6)12-9-4-5-13-8(9)3/h8-9H,4-5H2,1-3H3,(H,11,12). The number of rotatable bonds is 2. The van der Waals surface area contributed by atoms with Crippen molar-refractivity contribution in [2.75, 3.05) is 11.1 Å². The number of nitrogens with zero attached hydrogens (tertiary/aromatic N) is 1. The number of hydrogen-bond donors (Lipinski definition) is 1. The molecule has 1 aliphatic rings. The first-order valence-corrected chi connectivity index (χ1v) is 6.85. The van der Waals surface area contributed by atoms with Crippen LogP contribution in [-0.2, 0) is 0 Å². The highest BCUT2D eigenvalue weighted by molar-refractivity contribution is 8.00. The van der Waals surface area contributed by atoms with Crippen molar-refractivity contribution >= 4 is 28.2 Å². The van der Waals surface area contributed by atoms with Crippen molar-refractivity contribution in [1.29, 1.82) is 0 Å². The Balaban J connectivity index is 2.03. The Kier molecular flexibility index (Phi) is 3.02. The Bertz CT molecular complexity index is 302. The molecule has 1 aromatic rings. The van der Waals surface area contributed by atoms with Crippen LogP contribution in [0.4, 0.5) is 5.13 Å². The first-order chi connectivity index (χ1) is 6.66. The SMILES string of the molecule is Cc1nc(NC2CCSC2C)sc1C. The summed E-state index contributed by atoms with van der Waals surface area (Å²) in [5.74, 6) is 1.28. The fourth-order valence-corrected chi connectivity index (χ4v) is 3.69. The Morgan fingerprint density at radius 1 is 1.43 bits per heavy atom. The van der Waals surface area contributed by atoms with Crippen LogP contribution >= 0.6 is 23.1 Å². The summed E-state index contributed by atoms with van der Waals surface area (Å²) in [4.78, 5) is 5.83. The monoisotopic (exact) mass is 228 g/mol. The normalized spacial score (nSPS) is 26.8. The molecule has 1 saturated heterocycles. The van der Waals surface area contributed by atoms with Crippen LogP contribution in [-0.4, -0.2) is 22.0 Å². The highest BCUT2D eigenvalue weighted by Crippen LogP contribution is 2.30. The second-order valence-corrected chi connectivity index (χ2v) is 6.46. The predicted molar refractivity (Wildman–Crippen MR) is 65.5 cm³/mol. The lowest BCUT2D eigenvalue weighted by Crippen LogP contribution is -2.24. The van der Waals surface area contributed by atoms with Crippen molar-refractivity contribution in [2.24, 2.45) is 0 Å². The minimum atomic E-state index is 0.616. The summed E-state index contributed by atoms with van der Waals surface area (Å²) in [6.07, 6.45) is 1.27. The van der Waals surface area contributed by atoms with Gasteiger partial charge in [0.05, 0.1) is 5.69 Å².